The van der Waals surface area contributed by atoms with Crippen molar-refractivity contribution in [1.82, 2.24) is 24.4 Å². The Balaban J connectivity index is 1.49. The van der Waals surface area contributed by atoms with E-state index in [1.54, 1.807) is 44.6 Å². The molecular weight excluding hydrogens is 532 g/mol. The van der Waals surface area contributed by atoms with Crippen molar-refractivity contribution in [3.63, 3.8) is 0 Å². The third kappa shape index (κ3) is 4.44. The monoisotopic (exact) mass is 568 g/mol. The van der Waals surface area contributed by atoms with Crippen LogP contribution in [0.4, 0.5) is 17.3 Å². The third-order valence-electron chi connectivity index (χ3n) is 8.39. The van der Waals surface area contributed by atoms with Crippen molar-refractivity contribution in [2.24, 2.45) is 7.05 Å². The Morgan fingerprint density at radius 1 is 1.24 bits per heavy atom. The molecule has 2 N–H and O–H groups in total. The number of hydrogen-bond acceptors (Lipinski definition) is 9. The third-order valence-corrected chi connectivity index (χ3v) is 8.39. The minimum atomic E-state index is -0.115. The molecule has 1 amide bonds. The summed E-state index contributed by atoms with van der Waals surface area (Å²) in [5.41, 5.74) is 5.76. The van der Waals surface area contributed by atoms with Gasteiger partial charge in [0, 0.05) is 69.1 Å². The zero-order valence-electron chi connectivity index (χ0n) is 24.9. The molecule has 2 aliphatic rings. The van der Waals surface area contributed by atoms with Crippen molar-refractivity contribution in [3.8, 4) is 17.0 Å². The van der Waals surface area contributed by atoms with Crippen molar-refractivity contribution >= 4 is 40.3 Å². The Morgan fingerprint density at radius 2 is 2.02 bits per heavy atom. The lowest BCUT2D eigenvalue weighted by Gasteiger charge is -2.48. The first-order valence-electron chi connectivity index (χ1n) is 14.0. The van der Waals surface area contributed by atoms with Gasteiger partial charge in [-0.3, -0.25) is 14.8 Å². The fourth-order valence-corrected chi connectivity index (χ4v) is 6.24. The highest BCUT2D eigenvalue weighted by Gasteiger charge is 2.47. The van der Waals surface area contributed by atoms with E-state index in [0.717, 1.165) is 60.4 Å². The van der Waals surface area contributed by atoms with Gasteiger partial charge in [0.05, 0.1) is 42.7 Å². The van der Waals surface area contributed by atoms with Crippen LogP contribution in [0, 0.1) is 19.3 Å². The van der Waals surface area contributed by atoms with Crippen LogP contribution in [0.1, 0.15) is 40.2 Å². The highest BCUT2D eigenvalue weighted by Crippen LogP contribution is 2.42. The van der Waals surface area contributed by atoms with Crippen LogP contribution in [0.5, 0.6) is 5.75 Å². The quantitative estimate of drug-likeness (QED) is 0.313. The van der Waals surface area contributed by atoms with E-state index in [1.165, 1.54) is 6.21 Å². The van der Waals surface area contributed by atoms with E-state index in [1.807, 2.05) is 37.6 Å². The van der Waals surface area contributed by atoms with Crippen molar-refractivity contribution in [3.05, 3.63) is 53.1 Å². The number of amides is 1. The summed E-state index contributed by atoms with van der Waals surface area (Å²) in [6.07, 6.45) is 6.81. The number of carbonyl (C=O) groups is 1. The van der Waals surface area contributed by atoms with Crippen LogP contribution in [0.15, 0.2) is 30.6 Å². The standard InChI is InChI=1S/C31H36N8O3/c1-18-27-24(38(5)28(18)30(40)37(3)4)13-26(36-29(27)39-16-31(17-39)9-7-11-42-31)35-22-12-23(34-19(2)20(22)14-32)21-15-33-10-8-25(21)41-6/h8,10,12-15,32H,7,9,11,16-17H2,1-6H3,(H,34,35,36). The van der Waals surface area contributed by atoms with Crippen LogP contribution in [-0.4, -0.2) is 83.0 Å². The zero-order chi connectivity index (χ0) is 29.8. The van der Waals surface area contributed by atoms with E-state index in [9.17, 15) is 4.79 Å². The summed E-state index contributed by atoms with van der Waals surface area (Å²) >= 11 is 0. The molecule has 1 spiro atoms. The van der Waals surface area contributed by atoms with Gasteiger partial charge in [-0.15, -0.1) is 0 Å². The number of aryl methyl sites for hydroxylation is 3. The highest BCUT2D eigenvalue weighted by molar-refractivity contribution is 6.06. The summed E-state index contributed by atoms with van der Waals surface area (Å²) in [5, 5.41) is 12.6. The van der Waals surface area contributed by atoms with Gasteiger partial charge in [-0.2, -0.15) is 0 Å². The van der Waals surface area contributed by atoms with E-state index in [0.29, 0.717) is 39.9 Å². The van der Waals surface area contributed by atoms with Gasteiger partial charge in [0.1, 0.15) is 28.7 Å². The van der Waals surface area contributed by atoms with E-state index in [4.69, 9.17) is 24.9 Å². The molecule has 4 aromatic heterocycles. The summed E-state index contributed by atoms with van der Waals surface area (Å²) in [4.78, 5) is 31.2. The second-order valence-corrected chi connectivity index (χ2v) is 11.3. The molecule has 2 aliphatic heterocycles. The molecule has 0 bridgehead atoms. The number of ether oxygens (including phenoxy) is 2. The maximum Gasteiger partial charge on any atom is 0.270 e. The van der Waals surface area contributed by atoms with E-state index >= 15 is 0 Å². The summed E-state index contributed by atoms with van der Waals surface area (Å²) in [5.74, 6) is 2.02. The smallest absolute Gasteiger partial charge is 0.270 e. The van der Waals surface area contributed by atoms with Crippen LogP contribution in [-0.2, 0) is 11.8 Å². The minimum absolute atomic E-state index is 0.0585. The predicted octanol–water partition coefficient (Wildman–Crippen LogP) is 4.47. The number of pyridine rings is 3. The van der Waals surface area contributed by atoms with Gasteiger partial charge in [0.25, 0.3) is 5.91 Å². The van der Waals surface area contributed by atoms with Crippen LogP contribution in [0.25, 0.3) is 22.2 Å². The van der Waals surface area contributed by atoms with Crippen LogP contribution >= 0.6 is 0 Å². The summed E-state index contributed by atoms with van der Waals surface area (Å²) in [6, 6.07) is 5.65. The van der Waals surface area contributed by atoms with Crippen LogP contribution in [0.3, 0.4) is 0 Å². The SMILES string of the molecule is COc1ccncc1-c1cc(Nc2cc3c(c(N4CC5(CCCO5)C4)n2)c(C)c(C(=O)N(C)C)n3C)c(C=N)c(C)n1. The fraction of sp³-hybridized carbons (Fsp3) is 0.387. The average molecular weight is 569 g/mol. The number of nitrogens with zero attached hydrogens (tertiary/aromatic N) is 6. The minimum Gasteiger partial charge on any atom is -0.496 e. The second kappa shape index (κ2) is 10.4. The van der Waals surface area contributed by atoms with Gasteiger partial charge < -0.3 is 34.6 Å². The van der Waals surface area contributed by atoms with E-state index in [-0.39, 0.29) is 11.5 Å². The fourth-order valence-electron chi connectivity index (χ4n) is 6.24. The number of fused-ring (bicyclic) bond motifs is 1. The predicted molar refractivity (Wildman–Crippen MR) is 164 cm³/mol. The van der Waals surface area contributed by atoms with Gasteiger partial charge in [-0.25, -0.2) is 4.98 Å². The van der Waals surface area contributed by atoms with Gasteiger partial charge in [0.15, 0.2) is 0 Å². The molecule has 2 saturated heterocycles. The molecule has 11 heteroatoms. The van der Waals surface area contributed by atoms with Crippen molar-refractivity contribution in [2.75, 3.05) is 51.1 Å². The normalized spacial score (nSPS) is 15.6. The summed E-state index contributed by atoms with van der Waals surface area (Å²) < 4.78 is 13.6. The largest absolute Gasteiger partial charge is 0.496 e. The molecule has 0 unspecified atom stereocenters. The van der Waals surface area contributed by atoms with Crippen molar-refractivity contribution in [1.29, 1.82) is 5.41 Å². The molecule has 0 radical (unpaired) electrons. The molecule has 0 aromatic carbocycles. The lowest BCUT2D eigenvalue weighted by molar-refractivity contribution is -0.0182. The maximum atomic E-state index is 13.2. The first-order chi connectivity index (χ1) is 20.2. The molecule has 11 nitrogen and oxygen atoms in total. The highest BCUT2D eigenvalue weighted by atomic mass is 16.5. The number of nitrogens with one attached hydrogen (secondary N) is 2. The van der Waals surface area contributed by atoms with Gasteiger partial charge in [-0.05, 0) is 44.4 Å². The topological polar surface area (TPSA) is 121 Å². The Bertz CT molecular complexity index is 1710. The molecule has 0 atom stereocenters. The molecule has 218 valence electrons. The summed E-state index contributed by atoms with van der Waals surface area (Å²) in [7, 11) is 7.07. The van der Waals surface area contributed by atoms with Crippen molar-refractivity contribution < 1.29 is 14.3 Å². The summed E-state index contributed by atoms with van der Waals surface area (Å²) in [6.45, 7) is 6.18. The number of anilines is 3. The lowest BCUT2D eigenvalue weighted by Crippen LogP contribution is -2.61. The van der Waals surface area contributed by atoms with E-state index in [2.05, 4.69) is 15.2 Å². The number of aromatic nitrogens is 4. The maximum absolute atomic E-state index is 13.2. The molecule has 4 aromatic rings. The molecule has 0 aliphatic carbocycles. The van der Waals surface area contributed by atoms with Crippen LogP contribution < -0.4 is 15.0 Å². The first-order valence-corrected chi connectivity index (χ1v) is 14.0. The Labute approximate surface area is 245 Å². The first kappa shape index (κ1) is 27.6. The molecule has 6 heterocycles. The lowest BCUT2D eigenvalue weighted by atomic mass is 9.90. The van der Waals surface area contributed by atoms with Crippen LogP contribution in [0.2, 0.25) is 0 Å². The van der Waals surface area contributed by atoms with Gasteiger partial charge in [-0.1, -0.05) is 0 Å². The molecule has 2 fully saturated rings. The Hall–Kier alpha value is -4.51. The van der Waals surface area contributed by atoms with Crippen molar-refractivity contribution in [2.45, 2.75) is 32.3 Å². The number of hydrogen-bond donors (Lipinski definition) is 2. The second-order valence-electron chi connectivity index (χ2n) is 11.3. The molecular formula is C31H36N8O3. The zero-order valence-corrected chi connectivity index (χ0v) is 24.9. The average Bonchev–Trinajstić information content (AvgIpc) is 3.55. The molecule has 42 heavy (non-hydrogen) atoms. The number of carbonyl (C=O) groups excluding carboxylic acids is 1. The Kier molecular flexibility index (Phi) is 6.84. The number of rotatable bonds is 7. The molecule has 0 saturated carbocycles. The van der Waals surface area contributed by atoms with E-state index < -0.39 is 0 Å². The van der Waals surface area contributed by atoms with Gasteiger partial charge in [0.2, 0.25) is 0 Å². The number of methoxy groups -OCH3 is 1. The Morgan fingerprint density at radius 3 is 2.69 bits per heavy atom. The van der Waals surface area contributed by atoms with Gasteiger partial charge >= 0.3 is 0 Å². The molecule has 6 rings (SSSR count).